The lowest BCUT2D eigenvalue weighted by Gasteiger charge is -2.19. The number of nitrogens with one attached hydrogen (secondary N) is 1. The lowest BCUT2D eigenvalue weighted by Crippen LogP contribution is -2.28. The lowest BCUT2D eigenvalue weighted by atomic mass is 10.3. The van der Waals surface area contributed by atoms with Crippen LogP contribution in [0.1, 0.15) is 24.3 Å². The molecule has 3 rings (SSSR count). The van der Waals surface area contributed by atoms with E-state index in [1.807, 2.05) is 28.8 Å². The Kier molecular flexibility index (Phi) is 5.58. The molecule has 0 radical (unpaired) electrons. The Labute approximate surface area is 157 Å². The number of halogens is 1. The van der Waals surface area contributed by atoms with E-state index >= 15 is 0 Å². The van der Waals surface area contributed by atoms with E-state index in [1.54, 1.807) is 7.05 Å². The highest BCUT2D eigenvalue weighted by Gasteiger charge is 2.19. The average molecular weight is 375 g/mol. The fraction of sp³-hybridized carbons (Fsp3) is 0.389. The Morgan fingerprint density at radius 2 is 2.00 bits per heavy atom. The highest BCUT2D eigenvalue weighted by molar-refractivity contribution is 6.34. The number of amides is 1. The number of hydrogen-bond donors (Lipinski definition) is 1. The SMILES string of the molecule is CCN(CC)CCn1c(NC(=O)c2c(Cl)cnn2C)nc2ccccc21. The molecule has 0 aliphatic carbocycles. The van der Waals surface area contributed by atoms with E-state index in [-0.39, 0.29) is 5.91 Å². The maximum atomic E-state index is 12.7. The van der Waals surface area contributed by atoms with Gasteiger partial charge in [-0.05, 0) is 25.2 Å². The number of anilines is 1. The second kappa shape index (κ2) is 7.88. The van der Waals surface area contributed by atoms with Crippen LogP contribution in [0.3, 0.4) is 0 Å². The standard InChI is InChI=1S/C18H23ClN6O/c1-4-24(5-2)10-11-25-15-9-7-6-8-14(15)21-18(25)22-17(26)16-13(19)12-20-23(16)3/h6-9,12H,4-5,10-11H2,1-3H3,(H,21,22,26). The van der Waals surface area contributed by atoms with Gasteiger partial charge < -0.3 is 9.47 Å². The van der Waals surface area contributed by atoms with Crippen molar-refractivity contribution in [2.75, 3.05) is 25.0 Å². The molecule has 7 nitrogen and oxygen atoms in total. The average Bonchev–Trinajstić information content (AvgIpc) is 3.15. The van der Waals surface area contributed by atoms with Gasteiger partial charge in [0.2, 0.25) is 5.95 Å². The number of aryl methyl sites for hydroxylation is 1. The van der Waals surface area contributed by atoms with E-state index in [4.69, 9.17) is 11.6 Å². The van der Waals surface area contributed by atoms with Crippen molar-refractivity contribution in [2.45, 2.75) is 20.4 Å². The molecule has 8 heteroatoms. The van der Waals surface area contributed by atoms with Crippen LogP contribution in [0.2, 0.25) is 5.02 Å². The molecule has 0 spiro atoms. The number of rotatable bonds is 7. The molecule has 0 aliphatic rings. The Morgan fingerprint density at radius 3 is 2.65 bits per heavy atom. The maximum absolute atomic E-state index is 12.7. The number of imidazole rings is 1. The summed E-state index contributed by atoms with van der Waals surface area (Å²) in [4.78, 5) is 19.6. The molecule has 26 heavy (non-hydrogen) atoms. The molecular weight excluding hydrogens is 352 g/mol. The number of para-hydroxylation sites is 2. The summed E-state index contributed by atoms with van der Waals surface area (Å²) in [6, 6.07) is 7.86. The van der Waals surface area contributed by atoms with E-state index in [9.17, 15) is 4.79 Å². The number of fused-ring (bicyclic) bond motifs is 1. The Morgan fingerprint density at radius 1 is 1.27 bits per heavy atom. The first-order valence-electron chi connectivity index (χ1n) is 8.71. The van der Waals surface area contributed by atoms with E-state index in [2.05, 4.69) is 34.1 Å². The fourth-order valence-electron chi connectivity index (χ4n) is 3.01. The third kappa shape index (κ3) is 3.59. The second-order valence-corrected chi connectivity index (χ2v) is 6.43. The third-order valence-electron chi connectivity index (χ3n) is 4.52. The molecular formula is C18H23ClN6O. The summed E-state index contributed by atoms with van der Waals surface area (Å²) >= 11 is 6.09. The topological polar surface area (TPSA) is 68.0 Å². The number of carbonyl (C=O) groups is 1. The molecule has 0 atom stereocenters. The minimum Gasteiger partial charge on any atom is -0.309 e. The molecule has 0 saturated heterocycles. The maximum Gasteiger partial charge on any atom is 0.277 e. The van der Waals surface area contributed by atoms with Crippen LogP contribution in [0, 0.1) is 0 Å². The second-order valence-electron chi connectivity index (χ2n) is 6.02. The van der Waals surface area contributed by atoms with Crippen molar-refractivity contribution < 1.29 is 4.79 Å². The van der Waals surface area contributed by atoms with Crippen LogP contribution in [0.5, 0.6) is 0 Å². The highest BCUT2D eigenvalue weighted by Crippen LogP contribution is 2.21. The first-order valence-corrected chi connectivity index (χ1v) is 9.09. The van der Waals surface area contributed by atoms with Crippen LogP contribution in [0.25, 0.3) is 11.0 Å². The summed E-state index contributed by atoms with van der Waals surface area (Å²) < 4.78 is 3.50. The van der Waals surface area contributed by atoms with Gasteiger partial charge in [-0.2, -0.15) is 5.10 Å². The van der Waals surface area contributed by atoms with Crippen molar-refractivity contribution in [1.82, 2.24) is 24.2 Å². The summed E-state index contributed by atoms with van der Waals surface area (Å²) in [5, 5.41) is 7.22. The first-order chi connectivity index (χ1) is 12.5. The van der Waals surface area contributed by atoms with Crippen LogP contribution in [0.4, 0.5) is 5.95 Å². The van der Waals surface area contributed by atoms with Crippen LogP contribution < -0.4 is 5.32 Å². The van der Waals surface area contributed by atoms with Gasteiger partial charge in [-0.1, -0.05) is 37.6 Å². The molecule has 0 fully saturated rings. The lowest BCUT2D eigenvalue weighted by molar-refractivity contribution is 0.101. The molecule has 0 aliphatic heterocycles. The van der Waals surface area contributed by atoms with Crippen molar-refractivity contribution in [3.63, 3.8) is 0 Å². The molecule has 2 heterocycles. The van der Waals surface area contributed by atoms with E-state index in [0.717, 1.165) is 37.2 Å². The van der Waals surface area contributed by atoms with Crippen molar-refractivity contribution in [1.29, 1.82) is 0 Å². The molecule has 3 aromatic rings. The van der Waals surface area contributed by atoms with Crippen molar-refractivity contribution >= 4 is 34.5 Å². The van der Waals surface area contributed by atoms with Gasteiger partial charge in [0.15, 0.2) is 0 Å². The number of carbonyl (C=O) groups excluding carboxylic acids is 1. The van der Waals surface area contributed by atoms with Gasteiger partial charge in [0.25, 0.3) is 5.91 Å². The minimum atomic E-state index is -0.325. The van der Waals surface area contributed by atoms with E-state index < -0.39 is 0 Å². The van der Waals surface area contributed by atoms with Gasteiger partial charge in [0.05, 0.1) is 22.3 Å². The van der Waals surface area contributed by atoms with E-state index in [1.165, 1.54) is 10.9 Å². The number of likely N-dealkylation sites (N-methyl/N-ethyl adjacent to an activating group) is 1. The Bertz CT molecular complexity index is 892. The normalized spacial score (nSPS) is 11.4. The smallest absolute Gasteiger partial charge is 0.277 e. The summed E-state index contributed by atoms with van der Waals surface area (Å²) in [6.45, 7) is 7.86. The van der Waals surface area contributed by atoms with Crippen LogP contribution in [0.15, 0.2) is 30.5 Å². The zero-order valence-corrected chi connectivity index (χ0v) is 16.0. The number of aromatic nitrogens is 4. The molecule has 0 saturated carbocycles. The van der Waals surface area contributed by atoms with Crippen LogP contribution in [-0.4, -0.2) is 49.8 Å². The van der Waals surface area contributed by atoms with Gasteiger partial charge in [0.1, 0.15) is 5.69 Å². The van der Waals surface area contributed by atoms with Crippen molar-refractivity contribution in [3.05, 3.63) is 41.2 Å². The largest absolute Gasteiger partial charge is 0.309 e. The number of benzene rings is 1. The van der Waals surface area contributed by atoms with Gasteiger partial charge in [-0.15, -0.1) is 0 Å². The summed E-state index contributed by atoms with van der Waals surface area (Å²) in [6.07, 6.45) is 1.46. The summed E-state index contributed by atoms with van der Waals surface area (Å²) in [5.41, 5.74) is 2.15. The molecule has 0 unspecified atom stereocenters. The Hall–Kier alpha value is -2.38. The predicted molar refractivity (Wildman–Crippen MR) is 104 cm³/mol. The molecule has 1 amide bonds. The van der Waals surface area contributed by atoms with Gasteiger partial charge in [-0.3, -0.25) is 14.8 Å². The molecule has 138 valence electrons. The van der Waals surface area contributed by atoms with E-state index in [0.29, 0.717) is 16.7 Å². The zero-order chi connectivity index (χ0) is 18.7. The highest BCUT2D eigenvalue weighted by atomic mass is 35.5. The van der Waals surface area contributed by atoms with Gasteiger partial charge >= 0.3 is 0 Å². The van der Waals surface area contributed by atoms with Crippen molar-refractivity contribution in [3.8, 4) is 0 Å². The predicted octanol–water partition coefficient (Wildman–Crippen LogP) is 3.02. The van der Waals surface area contributed by atoms with Crippen LogP contribution in [-0.2, 0) is 13.6 Å². The quantitative estimate of drug-likeness (QED) is 0.690. The molecule has 0 bridgehead atoms. The zero-order valence-electron chi connectivity index (χ0n) is 15.2. The van der Waals surface area contributed by atoms with Crippen LogP contribution >= 0.6 is 11.6 Å². The van der Waals surface area contributed by atoms with Crippen molar-refractivity contribution in [2.24, 2.45) is 7.05 Å². The molecule has 1 N–H and O–H groups in total. The monoisotopic (exact) mass is 374 g/mol. The van der Waals surface area contributed by atoms with Gasteiger partial charge in [-0.25, -0.2) is 4.98 Å². The Balaban J connectivity index is 1.92. The first kappa shape index (κ1) is 18.4. The number of hydrogen-bond acceptors (Lipinski definition) is 4. The fourth-order valence-corrected chi connectivity index (χ4v) is 3.26. The summed E-state index contributed by atoms with van der Waals surface area (Å²) in [5.74, 6) is 0.190. The van der Waals surface area contributed by atoms with Gasteiger partial charge in [0, 0.05) is 20.1 Å². The summed E-state index contributed by atoms with van der Waals surface area (Å²) in [7, 11) is 1.68. The molecule has 1 aromatic carbocycles. The number of nitrogens with zero attached hydrogens (tertiary/aromatic N) is 5. The minimum absolute atomic E-state index is 0.314. The third-order valence-corrected chi connectivity index (χ3v) is 4.80. The molecule has 2 aromatic heterocycles.